The van der Waals surface area contributed by atoms with Gasteiger partial charge in [-0.05, 0) is 54.6 Å². The highest BCUT2D eigenvalue weighted by atomic mass is 32.1. The molecule has 8 heteroatoms. The van der Waals surface area contributed by atoms with E-state index < -0.39 is 0 Å². The average molecular weight is 443 g/mol. The minimum atomic E-state index is 0.00689. The number of aromatic nitrogens is 2. The molecule has 1 amide bonds. The summed E-state index contributed by atoms with van der Waals surface area (Å²) < 4.78 is 1.03. The largest absolute Gasteiger partial charge is 0.349 e. The van der Waals surface area contributed by atoms with Crippen molar-refractivity contribution in [2.24, 2.45) is 5.84 Å². The van der Waals surface area contributed by atoms with E-state index >= 15 is 0 Å². The first kappa shape index (κ1) is 20.2. The fourth-order valence-corrected chi connectivity index (χ4v) is 4.43. The van der Waals surface area contributed by atoms with Gasteiger partial charge in [0.25, 0.3) is 5.91 Å². The average Bonchev–Trinajstić information content (AvgIpc) is 3.53. The molecule has 0 atom stereocenters. The zero-order valence-electron chi connectivity index (χ0n) is 17.3. The zero-order valence-corrected chi connectivity index (χ0v) is 18.1. The molecule has 160 valence electrons. The van der Waals surface area contributed by atoms with Crippen LogP contribution in [-0.4, -0.2) is 21.9 Å². The number of nitrogens with one attached hydrogen (secondary N) is 3. The van der Waals surface area contributed by atoms with Gasteiger partial charge in [-0.1, -0.05) is 24.8 Å². The van der Waals surface area contributed by atoms with E-state index in [1.165, 1.54) is 11.3 Å². The fourth-order valence-electron chi connectivity index (χ4n) is 3.42. The first-order valence-electron chi connectivity index (χ1n) is 10.3. The number of fused-ring (bicyclic) bond motifs is 1. The summed E-state index contributed by atoms with van der Waals surface area (Å²) in [7, 11) is 0. The smallest absolute Gasteiger partial charge is 0.261 e. The molecule has 2 aromatic heterocycles. The predicted octanol–water partition coefficient (Wildman–Crippen LogP) is 4.92. The Labute approximate surface area is 189 Å². The number of thiophene rings is 1. The monoisotopic (exact) mass is 442 g/mol. The summed E-state index contributed by atoms with van der Waals surface area (Å²) in [5, 5.41) is 7.39. The van der Waals surface area contributed by atoms with Crippen molar-refractivity contribution in [3.63, 3.8) is 0 Å². The summed E-state index contributed by atoms with van der Waals surface area (Å²) in [4.78, 5) is 22.2. The second kappa shape index (κ2) is 8.41. The Balaban J connectivity index is 1.39. The van der Waals surface area contributed by atoms with E-state index in [4.69, 9.17) is 5.84 Å². The van der Waals surface area contributed by atoms with Gasteiger partial charge in [-0.15, -0.1) is 11.3 Å². The molecule has 2 aromatic carbocycles. The molecule has 2 heterocycles. The standard InChI is InChI=1S/C24H22N6OS/c1-2-14-11-18(7-8-19(14)30-25)27-22-9-10-26-23(29-22)16-4-3-15-12-21(32-20(15)13-16)24(31)28-17-5-6-17/h2-4,7-13,17,30H,1,5-6,25H2,(H,28,31)(H,26,27,29). The summed E-state index contributed by atoms with van der Waals surface area (Å²) in [6.07, 6.45) is 5.61. The number of nitrogens with zero attached hydrogens (tertiary/aromatic N) is 2. The van der Waals surface area contributed by atoms with Crippen LogP contribution in [0.15, 0.2) is 61.3 Å². The summed E-state index contributed by atoms with van der Waals surface area (Å²) in [6, 6.07) is 15.9. The van der Waals surface area contributed by atoms with Crippen LogP contribution >= 0.6 is 11.3 Å². The number of nitrogens with two attached hydrogens (primary N) is 1. The van der Waals surface area contributed by atoms with Crippen molar-refractivity contribution in [2.45, 2.75) is 18.9 Å². The Morgan fingerprint density at radius 2 is 2.03 bits per heavy atom. The van der Waals surface area contributed by atoms with E-state index in [1.807, 2.05) is 48.5 Å². The van der Waals surface area contributed by atoms with Gasteiger partial charge in [0.2, 0.25) is 0 Å². The molecule has 0 unspecified atom stereocenters. The first-order chi connectivity index (χ1) is 15.6. The number of carbonyl (C=O) groups excluding carboxylic acids is 1. The molecule has 7 nitrogen and oxygen atoms in total. The summed E-state index contributed by atoms with van der Waals surface area (Å²) in [6.45, 7) is 3.82. The molecule has 0 bridgehead atoms. The Bertz CT molecular complexity index is 1330. The Morgan fingerprint density at radius 1 is 1.16 bits per heavy atom. The number of rotatable bonds is 7. The SMILES string of the molecule is C=Cc1cc(Nc2ccnc(-c3ccc4cc(C(=O)NC5CC5)sc4c3)n2)ccc1NN. The number of anilines is 3. The molecular formula is C24H22N6OS. The van der Waals surface area contributed by atoms with Gasteiger partial charge in [-0.25, -0.2) is 9.97 Å². The van der Waals surface area contributed by atoms with Gasteiger partial charge >= 0.3 is 0 Å². The third kappa shape index (κ3) is 4.18. The molecule has 5 rings (SSSR count). The van der Waals surface area contributed by atoms with Crippen LogP contribution in [0.5, 0.6) is 0 Å². The van der Waals surface area contributed by atoms with E-state index in [9.17, 15) is 4.79 Å². The fraction of sp³-hybridized carbons (Fsp3) is 0.125. The second-order valence-electron chi connectivity index (χ2n) is 7.65. The molecule has 32 heavy (non-hydrogen) atoms. The maximum atomic E-state index is 12.4. The van der Waals surface area contributed by atoms with Crippen molar-refractivity contribution in [3.8, 4) is 11.4 Å². The Hall–Kier alpha value is -3.75. The summed E-state index contributed by atoms with van der Waals surface area (Å²) in [5.41, 5.74) is 6.09. The van der Waals surface area contributed by atoms with Crippen molar-refractivity contribution in [2.75, 3.05) is 10.7 Å². The Kier molecular flexibility index (Phi) is 5.30. The predicted molar refractivity (Wildman–Crippen MR) is 131 cm³/mol. The lowest BCUT2D eigenvalue weighted by Crippen LogP contribution is -2.24. The second-order valence-corrected chi connectivity index (χ2v) is 8.74. The molecule has 0 spiro atoms. The van der Waals surface area contributed by atoms with Gasteiger partial charge in [-0.3, -0.25) is 10.6 Å². The molecule has 5 N–H and O–H groups in total. The molecule has 1 aliphatic carbocycles. The maximum Gasteiger partial charge on any atom is 0.261 e. The van der Waals surface area contributed by atoms with Crippen LogP contribution in [-0.2, 0) is 0 Å². The number of hydrogen-bond acceptors (Lipinski definition) is 7. The van der Waals surface area contributed by atoms with Gasteiger partial charge < -0.3 is 16.1 Å². The van der Waals surface area contributed by atoms with Crippen molar-refractivity contribution in [1.29, 1.82) is 0 Å². The van der Waals surface area contributed by atoms with Gasteiger partial charge in [0, 0.05) is 33.8 Å². The van der Waals surface area contributed by atoms with E-state index in [0.29, 0.717) is 17.7 Å². The molecule has 0 radical (unpaired) electrons. The van der Waals surface area contributed by atoms with Crippen LogP contribution in [0.1, 0.15) is 28.1 Å². The number of nitrogen functional groups attached to an aromatic ring is 1. The first-order valence-corrected chi connectivity index (χ1v) is 11.1. The van der Waals surface area contributed by atoms with E-state index in [0.717, 1.165) is 50.3 Å². The molecule has 0 saturated heterocycles. The van der Waals surface area contributed by atoms with Crippen molar-refractivity contribution >= 4 is 50.6 Å². The molecule has 1 fully saturated rings. The lowest BCUT2D eigenvalue weighted by atomic mass is 10.1. The lowest BCUT2D eigenvalue weighted by Gasteiger charge is -2.10. The highest BCUT2D eigenvalue weighted by Crippen LogP contribution is 2.31. The van der Waals surface area contributed by atoms with Crippen molar-refractivity contribution < 1.29 is 4.79 Å². The minimum Gasteiger partial charge on any atom is -0.349 e. The van der Waals surface area contributed by atoms with Gasteiger partial charge in [0.1, 0.15) is 5.82 Å². The molecular weight excluding hydrogens is 420 g/mol. The van der Waals surface area contributed by atoms with Crippen LogP contribution < -0.4 is 21.9 Å². The van der Waals surface area contributed by atoms with Crippen molar-refractivity contribution in [1.82, 2.24) is 15.3 Å². The molecule has 0 aliphatic heterocycles. The highest BCUT2D eigenvalue weighted by molar-refractivity contribution is 7.20. The third-order valence-corrected chi connectivity index (χ3v) is 6.37. The van der Waals surface area contributed by atoms with Crippen LogP contribution in [0.3, 0.4) is 0 Å². The number of hydrogen-bond donors (Lipinski definition) is 4. The minimum absolute atomic E-state index is 0.00689. The Morgan fingerprint density at radius 3 is 2.81 bits per heavy atom. The van der Waals surface area contributed by atoms with E-state index in [1.54, 1.807) is 12.3 Å². The maximum absolute atomic E-state index is 12.4. The normalized spacial score (nSPS) is 13.0. The summed E-state index contributed by atoms with van der Waals surface area (Å²) >= 11 is 1.49. The van der Waals surface area contributed by atoms with Gasteiger partial charge in [0.05, 0.1) is 10.6 Å². The molecule has 4 aromatic rings. The van der Waals surface area contributed by atoms with Crippen LogP contribution in [0.2, 0.25) is 0 Å². The zero-order chi connectivity index (χ0) is 22.1. The molecule has 1 saturated carbocycles. The quantitative estimate of drug-likeness (QED) is 0.239. The molecule has 1 aliphatic rings. The number of benzene rings is 2. The third-order valence-electron chi connectivity index (χ3n) is 5.27. The van der Waals surface area contributed by atoms with E-state index in [2.05, 4.69) is 32.6 Å². The topological polar surface area (TPSA) is 105 Å². The van der Waals surface area contributed by atoms with Crippen molar-refractivity contribution in [3.05, 3.63) is 71.7 Å². The van der Waals surface area contributed by atoms with Gasteiger partial charge in [0.15, 0.2) is 5.82 Å². The van der Waals surface area contributed by atoms with Crippen LogP contribution in [0.4, 0.5) is 17.2 Å². The van der Waals surface area contributed by atoms with Gasteiger partial charge in [-0.2, -0.15) is 0 Å². The highest BCUT2D eigenvalue weighted by Gasteiger charge is 2.24. The number of carbonyl (C=O) groups is 1. The van der Waals surface area contributed by atoms with Crippen LogP contribution in [0, 0.1) is 0 Å². The number of hydrazine groups is 1. The number of amides is 1. The lowest BCUT2D eigenvalue weighted by molar-refractivity contribution is 0.0955. The van der Waals surface area contributed by atoms with Crippen LogP contribution in [0.25, 0.3) is 27.6 Å². The van der Waals surface area contributed by atoms with E-state index in [-0.39, 0.29) is 5.91 Å². The summed E-state index contributed by atoms with van der Waals surface area (Å²) in [5.74, 6) is 6.83.